The van der Waals surface area contributed by atoms with Crippen molar-refractivity contribution in [2.24, 2.45) is 11.8 Å². The standard InChI is InChI=1S/C17H25NO2/c1-13-7-6-10-15(13)11-18-12-16(17(19)20-2)14-8-4-3-5-9-14/h3-5,8-9,13,15-16,18H,6-7,10-12H2,1-2H3. The Morgan fingerprint density at radius 1 is 1.35 bits per heavy atom. The summed E-state index contributed by atoms with van der Waals surface area (Å²) in [5, 5.41) is 3.47. The molecule has 0 aliphatic heterocycles. The van der Waals surface area contributed by atoms with E-state index in [-0.39, 0.29) is 11.9 Å². The predicted octanol–water partition coefficient (Wildman–Crippen LogP) is 2.97. The molecule has 3 heteroatoms. The largest absolute Gasteiger partial charge is 0.469 e. The highest BCUT2D eigenvalue weighted by atomic mass is 16.5. The van der Waals surface area contributed by atoms with Crippen LogP contribution in [-0.2, 0) is 9.53 Å². The lowest BCUT2D eigenvalue weighted by Gasteiger charge is -2.19. The molecule has 0 bridgehead atoms. The highest BCUT2D eigenvalue weighted by Gasteiger charge is 2.25. The number of hydrogen-bond donors (Lipinski definition) is 1. The van der Waals surface area contributed by atoms with E-state index in [2.05, 4.69) is 12.2 Å². The Labute approximate surface area is 121 Å². The molecular weight excluding hydrogens is 250 g/mol. The van der Waals surface area contributed by atoms with E-state index in [0.29, 0.717) is 6.54 Å². The summed E-state index contributed by atoms with van der Waals surface area (Å²) in [6.45, 7) is 3.98. The Bertz CT molecular complexity index is 418. The molecule has 0 heterocycles. The second-order valence-corrected chi connectivity index (χ2v) is 5.81. The van der Waals surface area contributed by atoms with Crippen LogP contribution < -0.4 is 5.32 Å². The van der Waals surface area contributed by atoms with Gasteiger partial charge >= 0.3 is 5.97 Å². The Morgan fingerprint density at radius 3 is 2.70 bits per heavy atom. The summed E-state index contributed by atoms with van der Waals surface area (Å²) < 4.78 is 4.93. The van der Waals surface area contributed by atoms with Gasteiger partial charge in [-0.15, -0.1) is 0 Å². The van der Waals surface area contributed by atoms with Gasteiger partial charge in [-0.05, 0) is 30.4 Å². The van der Waals surface area contributed by atoms with Gasteiger partial charge in [0.05, 0.1) is 13.0 Å². The minimum atomic E-state index is -0.210. The van der Waals surface area contributed by atoms with Crippen molar-refractivity contribution < 1.29 is 9.53 Å². The lowest BCUT2D eigenvalue weighted by Crippen LogP contribution is -2.32. The van der Waals surface area contributed by atoms with Crippen molar-refractivity contribution in [1.29, 1.82) is 0 Å². The topological polar surface area (TPSA) is 38.3 Å². The van der Waals surface area contributed by atoms with Crippen LogP contribution in [0, 0.1) is 11.8 Å². The molecule has 1 aromatic carbocycles. The molecule has 0 amide bonds. The number of esters is 1. The molecule has 2 rings (SSSR count). The number of nitrogens with one attached hydrogen (secondary N) is 1. The summed E-state index contributed by atoms with van der Waals surface area (Å²) in [4.78, 5) is 11.9. The molecule has 1 N–H and O–H groups in total. The maximum atomic E-state index is 11.9. The minimum absolute atomic E-state index is 0.164. The summed E-state index contributed by atoms with van der Waals surface area (Å²) in [7, 11) is 1.46. The number of benzene rings is 1. The monoisotopic (exact) mass is 275 g/mol. The van der Waals surface area contributed by atoms with Gasteiger partial charge < -0.3 is 10.1 Å². The van der Waals surface area contributed by atoms with Gasteiger partial charge in [0, 0.05) is 6.54 Å². The van der Waals surface area contributed by atoms with Crippen molar-refractivity contribution in [1.82, 2.24) is 5.32 Å². The quantitative estimate of drug-likeness (QED) is 0.811. The fourth-order valence-electron chi connectivity index (χ4n) is 3.10. The SMILES string of the molecule is COC(=O)C(CNCC1CCCC1C)c1ccccc1. The highest BCUT2D eigenvalue weighted by molar-refractivity contribution is 5.78. The first kappa shape index (κ1) is 15.0. The van der Waals surface area contributed by atoms with Crippen molar-refractivity contribution in [3.8, 4) is 0 Å². The van der Waals surface area contributed by atoms with Crippen molar-refractivity contribution in [2.45, 2.75) is 32.1 Å². The molecule has 0 saturated heterocycles. The lowest BCUT2D eigenvalue weighted by atomic mass is 9.96. The minimum Gasteiger partial charge on any atom is -0.469 e. The molecule has 20 heavy (non-hydrogen) atoms. The molecule has 1 aliphatic rings. The Hall–Kier alpha value is -1.35. The zero-order chi connectivity index (χ0) is 14.4. The zero-order valence-corrected chi connectivity index (χ0v) is 12.5. The molecule has 0 radical (unpaired) electrons. The smallest absolute Gasteiger partial charge is 0.314 e. The first-order chi connectivity index (χ1) is 9.72. The average molecular weight is 275 g/mol. The van der Waals surface area contributed by atoms with Gasteiger partial charge in [0.25, 0.3) is 0 Å². The van der Waals surface area contributed by atoms with E-state index in [1.54, 1.807) is 0 Å². The Balaban J connectivity index is 1.90. The van der Waals surface area contributed by atoms with Crippen LogP contribution in [0.15, 0.2) is 30.3 Å². The fraction of sp³-hybridized carbons (Fsp3) is 0.588. The molecule has 1 saturated carbocycles. The second-order valence-electron chi connectivity index (χ2n) is 5.81. The molecule has 3 unspecified atom stereocenters. The zero-order valence-electron chi connectivity index (χ0n) is 12.5. The van der Waals surface area contributed by atoms with E-state index in [1.807, 2.05) is 30.3 Å². The number of hydrogen-bond acceptors (Lipinski definition) is 3. The van der Waals surface area contributed by atoms with Crippen LogP contribution in [0.4, 0.5) is 0 Å². The third kappa shape index (κ3) is 3.83. The van der Waals surface area contributed by atoms with Crippen molar-refractivity contribution >= 4 is 5.97 Å². The lowest BCUT2D eigenvalue weighted by molar-refractivity contribution is -0.142. The first-order valence-corrected chi connectivity index (χ1v) is 7.56. The molecule has 110 valence electrons. The van der Waals surface area contributed by atoms with Crippen LogP contribution in [0.25, 0.3) is 0 Å². The molecule has 3 atom stereocenters. The van der Waals surface area contributed by atoms with Gasteiger partial charge in [-0.3, -0.25) is 4.79 Å². The first-order valence-electron chi connectivity index (χ1n) is 7.56. The van der Waals surface area contributed by atoms with Gasteiger partial charge in [-0.1, -0.05) is 50.1 Å². The molecule has 0 aromatic heterocycles. The van der Waals surface area contributed by atoms with Crippen LogP contribution in [-0.4, -0.2) is 26.2 Å². The summed E-state index contributed by atoms with van der Waals surface area (Å²) >= 11 is 0. The number of ether oxygens (including phenoxy) is 1. The van der Waals surface area contributed by atoms with Gasteiger partial charge in [0.1, 0.15) is 0 Å². The van der Waals surface area contributed by atoms with Gasteiger partial charge in [-0.2, -0.15) is 0 Å². The molecule has 1 aliphatic carbocycles. The van der Waals surface area contributed by atoms with E-state index in [1.165, 1.54) is 26.4 Å². The molecule has 0 spiro atoms. The van der Waals surface area contributed by atoms with E-state index >= 15 is 0 Å². The number of carbonyl (C=O) groups excluding carboxylic acids is 1. The van der Waals surface area contributed by atoms with Crippen molar-refractivity contribution in [3.05, 3.63) is 35.9 Å². The number of methoxy groups -OCH3 is 1. The molecule has 3 nitrogen and oxygen atoms in total. The molecule has 1 aromatic rings. The Kier molecular flexibility index (Phi) is 5.60. The maximum absolute atomic E-state index is 11.9. The Morgan fingerprint density at radius 2 is 2.10 bits per heavy atom. The fourth-order valence-corrected chi connectivity index (χ4v) is 3.10. The summed E-state index contributed by atoms with van der Waals surface area (Å²) in [5.41, 5.74) is 1.02. The van der Waals surface area contributed by atoms with Crippen LogP contribution in [0.5, 0.6) is 0 Å². The van der Waals surface area contributed by atoms with Crippen LogP contribution in [0.1, 0.15) is 37.7 Å². The van der Waals surface area contributed by atoms with Gasteiger partial charge in [0.15, 0.2) is 0 Å². The summed E-state index contributed by atoms with van der Waals surface area (Å²) in [6, 6.07) is 9.86. The van der Waals surface area contributed by atoms with E-state index in [4.69, 9.17) is 4.74 Å². The normalized spacial score (nSPS) is 23.5. The second kappa shape index (κ2) is 7.44. The maximum Gasteiger partial charge on any atom is 0.314 e. The number of carbonyl (C=O) groups is 1. The summed E-state index contributed by atoms with van der Waals surface area (Å²) in [6.07, 6.45) is 3.99. The number of rotatable bonds is 6. The summed E-state index contributed by atoms with van der Waals surface area (Å²) in [5.74, 6) is 1.18. The van der Waals surface area contributed by atoms with Crippen LogP contribution in [0.3, 0.4) is 0 Å². The van der Waals surface area contributed by atoms with E-state index < -0.39 is 0 Å². The van der Waals surface area contributed by atoms with Gasteiger partial charge in [-0.25, -0.2) is 0 Å². The third-order valence-electron chi connectivity index (χ3n) is 4.48. The van der Waals surface area contributed by atoms with Crippen molar-refractivity contribution in [2.75, 3.05) is 20.2 Å². The van der Waals surface area contributed by atoms with Gasteiger partial charge in [0.2, 0.25) is 0 Å². The molecular formula is C17H25NO2. The average Bonchev–Trinajstić information content (AvgIpc) is 2.89. The molecule has 1 fully saturated rings. The van der Waals surface area contributed by atoms with E-state index in [0.717, 1.165) is 23.9 Å². The predicted molar refractivity (Wildman–Crippen MR) is 80.6 cm³/mol. The van der Waals surface area contributed by atoms with Crippen LogP contribution in [0.2, 0.25) is 0 Å². The van der Waals surface area contributed by atoms with E-state index in [9.17, 15) is 4.79 Å². The third-order valence-corrected chi connectivity index (χ3v) is 4.48. The highest BCUT2D eigenvalue weighted by Crippen LogP contribution is 2.30. The van der Waals surface area contributed by atoms with Crippen LogP contribution >= 0.6 is 0 Å². The van der Waals surface area contributed by atoms with Crippen molar-refractivity contribution in [3.63, 3.8) is 0 Å².